The minimum atomic E-state index is -1.76. The Morgan fingerprint density at radius 2 is 2.17 bits per heavy atom. The SMILES string of the molecule is CC(N=[N+]=[N-])C(C)C(O)(Cn1cncn1)c1ccc(F)cc1F. The minimum Gasteiger partial charge on any atom is -0.383 e. The molecule has 3 atom stereocenters. The highest BCUT2D eigenvalue weighted by atomic mass is 19.1. The zero-order valence-corrected chi connectivity index (χ0v) is 12.6. The molecule has 1 N–H and O–H groups in total. The highest BCUT2D eigenvalue weighted by Crippen LogP contribution is 2.36. The van der Waals surface area contributed by atoms with Crippen LogP contribution in [0.5, 0.6) is 0 Å². The lowest BCUT2D eigenvalue weighted by molar-refractivity contribution is -0.0457. The molecule has 7 nitrogen and oxygen atoms in total. The lowest BCUT2D eigenvalue weighted by Gasteiger charge is -2.36. The minimum absolute atomic E-state index is 0.0955. The van der Waals surface area contributed by atoms with E-state index in [0.717, 1.165) is 6.07 Å². The molecule has 0 aliphatic heterocycles. The molecule has 0 amide bonds. The number of rotatable bonds is 6. The van der Waals surface area contributed by atoms with Gasteiger partial charge in [-0.1, -0.05) is 25.0 Å². The third kappa shape index (κ3) is 3.46. The Labute approximate surface area is 131 Å². The first-order chi connectivity index (χ1) is 10.9. The molecule has 9 heteroatoms. The third-order valence-corrected chi connectivity index (χ3v) is 3.98. The zero-order chi connectivity index (χ0) is 17.0. The molecule has 0 radical (unpaired) electrons. The molecule has 0 aliphatic carbocycles. The number of hydrogen-bond acceptors (Lipinski definition) is 4. The van der Waals surface area contributed by atoms with Crippen LogP contribution in [-0.2, 0) is 12.1 Å². The van der Waals surface area contributed by atoms with Gasteiger partial charge in [0.25, 0.3) is 0 Å². The van der Waals surface area contributed by atoms with Gasteiger partial charge in [-0.3, -0.25) is 0 Å². The van der Waals surface area contributed by atoms with Crippen LogP contribution in [0.1, 0.15) is 19.4 Å². The van der Waals surface area contributed by atoms with Crippen LogP contribution < -0.4 is 0 Å². The summed E-state index contributed by atoms with van der Waals surface area (Å²) in [5.41, 5.74) is 6.73. The Hall–Kier alpha value is -2.51. The molecule has 0 fully saturated rings. The van der Waals surface area contributed by atoms with Crippen molar-refractivity contribution in [2.24, 2.45) is 11.0 Å². The molecule has 0 aliphatic rings. The number of hydrogen-bond donors (Lipinski definition) is 1. The Morgan fingerprint density at radius 1 is 1.43 bits per heavy atom. The molecule has 0 saturated carbocycles. The van der Waals surface area contributed by atoms with Crippen LogP contribution >= 0.6 is 0 Å². The molecule has 122 valence electrons. The van der Waals surface area contributed by atoms with E-state index < -0.39 is 29.2 Å². The van der Waals surface area contributed by atoms with Crippen LogP contribution in [0, 0.1) is 17.6 Å². The maximum absolute atomic E-state index is 14.2. The van der Waals surface area contributed by atoms with Crippen LogP contribution in [0.2, 0.25) is 0 Å². The molecular weight excluding hydrogens is 306 g/mol. The van der Waals surface area contributed by atoms with Gasteiger partial charge >= 0.3 is 0 Å². The summed E-state index contributed by atoms with van der Waals surface area (Å²) < 4.78 is 28.7. The van der Waals surface area contributed by atoms with E-state index in [4.69, 9.17) is 5.53 Å². The van der Waals surface area contributed by atoms with Crippen molar-refractivity contribution in [1.29, 1.82) is 0 Å². The van der Waals surface area contributed by atoms with Crippen LogP contribution in [0.25, 0.3) is 10.4 Å². The average molecular weight is 322 g/mol. The molecule has 23 heavy (non-hydrogen) atoms. The fraction of sp³-hybridized carbons (Fsp3) is 0.429. The molecule has 3 unspecified atom stereocenters. The van der Waals surface area contributed by atoms with Gasteiger partial charge in [-0.2, -0.15) is 5.10 Å². The zero-order valence-electron chi connectivity index (χ0n) is 12.6. The molecule has 0 saturated heterocycles. The number of halogens is 2. The molecule has 2 rings (SSSR count). The number of aromatic nitrogens is 3. The fourth-order valence-electron chi connectivity index (χ4n) is 2.46. The second-order valence-corrected chi connectivity index (χ2v) is 5.38. The van der Waals surface area contributed by atoms with Gasteiger partial charge in [-0.05, 0) is 17.5 Å². The number of nitrogens with zero attached hydrogens (tertiary/aromatic N) is 6. The quantitative estimate of drug-likeness (QED) is 0.503. The lowest BCUT2D eigenvalue weighted by atomic mass is 9.78. The van der Waals surface area contributed by atoms with Gasteiger partial charge in [0, 0.05) is 22.6 Å². The van der Waals surface area contributed by atoms with E-state index in [1.807, 2.05) is 0 Å². The molecule has 0 bridgehead atoms. The van der Waals surface area contributed by atoms with E-state index in [1.165, 1.54) is 23.4 Å². The normalized spacial score (nSPS) is 16.2. The molecule has 2 aromatic rings. The first-order valence-electron chi connectivity index (χ1n) is 6.93. The van der Waals surface area contributed by atoms with Crippen LogP contribution in [-0.4, -0.2) is 25.9 Å². The molecule has 0 spiro atoms. The molecular formula is C14H16F2N6O. The molecule has 1 heterocycles. The van der Waals surface area contributed by atoms with Crippen molar-refractivity contribution in [3.05, 3.63) is 58.5 Å². The highest BCUT2D eigenvalue weighted by Gasteiger charge is 2.41. The summed E-state index contributed by atoms with van der Waals surface area (Å²) in [6.45, 7) is 3.11. The van der Waals surface area contributed by atoms with Crippen molar-refractivity contribution in [2.45, 2.75) is 32.0 Å². The lowest BCUT2D eigenvalue weighted by Crippen LogP contribution is -2.43. The number of benzene rings is 1. The smallest absolute Gasteiger partial charge is 0.137 e. The average Bonchev–Trinajstić information content (AvgIpc) is 2.99. The summed E-state index contributed by atoms with van der Waals surface area (Å²) in [4.78, 5) is 6.50. The maximum atomic E-state index is 14.2. The van der Waals surface area contributed by atoms with Crippen LogP contribution in [0.3, 0.4) is 0 Å². The topological polar surface area (TPSA) is 99.7 Å². The summed E-state index contributed by atoms with van der Waals surface area (Å²) in [5.74, 6) is -2.29. The summed E-state index contributed by atoms with van der Waals surface area (Å²) in [6.07, 6.45) is 2.65. The second kappa shape index (κ2) is 6.72. The van der Waals surface area contributed by atoms with Crippen LogP contribution in [0.4, 0.5) is 8.78 Å². The van der Waals surface area contributed by atoms with Crippen molar-refractivity contribution in [3.63, 3.8) is 0 Å². The number of aliphatic hydroxyl groups is 1. The van der Waals surface area contributed by atoms with Crippen molar-refractivity contribution in [2.75, 3.05) is 0 Å². The first kappa shape index (κ1) is 16.9. The summed E-state index contributed by atoms with van der Waals surface area (Å²) in [6, 6.07) is 2.32. The van der Waals surface area contributed by atoms with Gasteiger partial charge in [0.1, 0.15) is 29.9 Å². The first-order valence-corrected chi connectivity index (χ1v) is 6.93. The van der Waals surface area contributed by atoms with E-state index in [9.17, 15) is 13.9 Å². The van der Waals surface area contributed by atoms with E-state index in [2.05, 4.69) is 20.1 Å². The van der Waals surface area contributed by atoms with E-state index >= 15 is 0 Å². The standard InChI is InChI=1S/C14H16F2N6O/c1-9(10(2)20-21-17)14(23,6-22-8-18-7-19-22)12-4-3-11(15)5-13(12)16/h3-5,7-10,23H,6H2,1-2H3. The molecule has 1 aromatic heterocycles. The Morgan fingerprint density at radius 3 is 2.74 bits per heavy atom. The highest BCUT2D eigenvalue weighted by molar-refractivity contribution is 5.26. The molecule has 1 aromatic carbocycles. The van der Waals surface area contributed by atoms with Crippen molar-refractivity contribution in [3.8, 4) is 0 Å². The van der Waals surface area contributed by atoms with Gasteiger partial charge in [0.05, 0.1) is 6.54 Å². The Kier molecular flexibility index (Phi) is 4.92. The third-order valence-electron chi connectivity index (χ3n) is 3.98. The monoisotopic (exact) mass is 322 g/mol. The second-order valence-electron chi connectivity index (χ2n) is 5.38. The van der Waals surface area contributed by atoms with Crippen LogP contribution in [0.15, 0.2) is 36.0 Å². The van der Waals surface area contributed by atoms with Gasteiger partial charge in [-0.15, -0.1) is 0 Å². The summed E-state index contributed by atoms with van der Waals surface area (Å²) in [5, 5.41) is 18.6. The maximum Gasteiger partial charge on any atom is 0.137 e. The van der Waals surface area contributed by atoms with E-state index in [1.54, 1.807) is 13.8 Å². The van der Waals surface area contributed by atoms with E-state index in [0.29, 0.717) is 6.07 Å². The van der Waals surface area contributed by atoms with E-state index in [-0.39, 0.29) is 12.1 Å². The Balaban J connectivity index is 2.51. The summed E-state index contributed by atoms with van der Waals surface area (Å²) in [7, 11) is 0. The predicted octanol–water partition coefficient (Wildman–Crippen LogP) is 2.78. The Bertz CT molecular complexity index is 716. The number of azide groups is 1. The van der Waals surface area contributed by atoms with Gasteiger partial charge < -0.3 is 5.11 Å². The van der Waals surface area contributed by atoms with Crippen molar-refractivity contribution >= 4 is 0 Å². The van der Waals surface area contributed by atoms with Crippen molar-refractivity contribution < 1.29 is 13.9 Å². The van der Waals surface area contributed by atoms with Gasteiger partial charge in [-0.25, -0.2) is 18.4 Å². The summed E-state index contributed by atoms with van der Waals surface area (Å²) >= 11 is 0. The van der Waals surface area contributed by atoms with Gasteiger partial charge in [0.15, 0.2) is 0 Å². The van der Waals surface area contributed by atoms with Crippen molar-refractivity contribution in [1.82, 2.24) is 14.8 Å². The fourth-order valence-corrected chi connectivity index (χ4v) is 2.46. The van der Waals surface area contributed by atoms with Gasteiger partial charge in [0.2, 0.25) is 0 Å². The largest absolute Gasteiger partial charge is 0.383 e. The predicted molar refractivity (Wildman–Crippen MR) is 78.0 cm³/mol.